The average Bonchev–Trinajstić information content (AvgIpc) is 2.40. The first-order valence-electron chi connectivity index (χ1n) is 6.75. The lowest BCUT2D eigenvalue weighted by Gasteiger charge is -2.38. The largest absolute Gasteiger partial charge is 0.384 e. The maximum Gasteiger partial charge on any atom is 0.219 e. The van der Waals surface area contributed by atoms with Crippen molar-refractivity contribution in [2.24, 2.45) is 0 Å². The van der Waals surface area contributed by atoms with E-state index >= 15 is 0 Å². The Morgan fingerprint density at radius 3 is 2.32 bits per heavy atom. The number of rotatable bonds is 3. The zero-order valence-electron chi connectivity index (χ0n) is 11.7. The lowest BCUT2D eigenvalue weighted by Crippen LogP contribution is -2.51. The van der Waals surface area contributed by atoms with Gasteiger partial charge in [0.05, 0.1) is 5.60 Å². The van der Waals surface area contributed by atoms with Crippen molar-refractivity contribution in [3.05, 3.63) is 35.9 Å². The topological polar surface area (TPSA) is 43.8 Å². The summed E-state index contributed by atoms with van der Waals surface area (Å²) in [6, 6.07) is 9.73. The molecule has 0 bridgehead atoms. The summed E-state index contributed by atoms with van der Waals surface area (Å²) in [5.41, 5.74) is 0.0867. The maximum absolute atomic E-state index is 11.3. The molecule has 4 heteroatoms. The average molecular weight is 262 g/mol. The second-order valence-corrected chi connectivity index (χ2v) is 5.42. The van der Waals surface area contributed by atoms with Gasteiger partial charge >= 0.3 is 0 Å². The summed E-state index contributed by atoms with van der Waals surface area (Å²) in [6.45, 7) is 7.20. The Morgan fingerprint density at radius 1 is 1.21 bits per heavy atom. The Bertz CT molecular complexity index is 423. The van der Waals surface area contributed by atoms with Crippen molar-refractivity contribution >= 4 is 5.91 Å². The normalized spacial score (nSPS) is 20.1. The molecule has 19 heavy (non-hydrogen) atoms. The van der Waals surface area contributed by atoms with E-state index in [-0.39, 0.29) is 5.91 Å². The molecule has 1 N–H and O–H groups in total. The van der Waals surface area contributed by atoms with E-state index in [1.165, 1.54) is 0 Å². The van der Waals surface area contributed by atoms with Crippen LogP contribution < -0.4 is 0 Å². The molecule has 1 unspecified atom stereocenters. The summed E-state index contributed by atoms with van der Waals surface area (Å²) in [7, 11) is 0. The van der Waals surface area contributed by atoms with Crippen LogP contribution >= 0.6 is 0 Å². The molecule has 1 aliphatic heterocycles. The minimum atomic E-state index is -0.848. The van der Waals surface area contributed by atoms with Crippen molar-refractivity contribution in [3.8, 4) is 0 Å². The van der Waals surface area contributed by atoms with Gasteiger partial charge < -0.3 is 10.0 Å². The fourth-order valence-corrected chi connectivity index (χ4v) is 2.54. The van der Waals surface area contributed by atoms with Gasteiger partial charge in [0.1, 0.15) is 0 Å². The molecule has 104 valence electrons. The molecule has 1 heterocycles. The van der Waals surface area contributed by atoms with E-state index in [0.717, 1.165) is 31.7 Å². The van der Waals surface area contributed by atoms with Crippen molar-refractivity contribution in [1.82, 2.24) is 9.80 Å². The van der Waals surface area contributed by atoms with Gasteiger partial charge in [-0.25, -0.2) is 0 Å². The zero-order valence-corrected chi connectivity index (χ0v) is 11.7. The van der Waals surface area contributed by atoms with Gasteiger partial charge in [-0.3, -0.25) is 9.69 Å². The van der Waals surface area contributed by atoms with E-state index in [4.69, 9.17) is 0 Å². The molecule has 0 saturated carbocycles. The Hall–Kier alpha value is -1.39. The molecule has 0 radical (unpaired) electrons. The summed E-state index contributed by atoms with van der Waals surface area (Å²) in [6.07, 6.45) is 0. The zero-order chi connectivity index (χ0) is 13.9. The van der Waals surface area contributed by atoms with Gasteiger partial charge in [0, 0.05) is 39.6 Å². The van der Waals surface area contributed by atoms with Crippen LogP contribution in [-0.2, 0) is 10.4 Å². The molecule has 1 aliphatic rings. The third kappa shape index (κ3) is 3.55. The summed E-state index contributed by atoms with van der Waals surface area (Å²) >= 11 is 0. The number of β-amino-alcohol motifs (C(OH)–C–C–N with tert-alkyl or cyclic N) is 1. The molecule has 2 rings (SSSR count). The first-order valence-corrected chi connectivity index (χ1v) is 6.75. The number of benzene rings is 1. The molecule has 1 amide bonds. The number of amides is 1. The minimum absolute atomic E-state index is 0.134. The first kappa shape index (κ1) is 14.0. The van der Waals surface area contributed by atoms with Gasteiger partial charge in [0.15, 0.2) is 0 Å². The number of piperazine rings is 1. The van der Waals surface area contributed by atoms with Crippen LogP contribution in [0.15, 0.2) is 30.3 Å². The van der Waals surface area contributed by atoms with Gasteiger partial charge in [-0.05, 0) is 12.5 Å². The van der Waals surface area contributed by atoms with Crippen LogP contribution in [0.5, 0.6) is 0 Å². The summed E-state index contributed by atoms with van der Waals surface area (Å²) in [5, 5.41) is 10.6. The summed E-state index contributed by atoms with van der Waals surface area (Å²) in [5.74, 6) is 0.134. The van der Waals surface area contributed by atoms with Crippen molar-refractivity contribution in [1.29, 1.82) is 0 Å². The van der Waals surface area contributed by atoms with Crippen molar-refractivity contribution < 1.29 is 9.90 Å². The van der Waals surface area contributed by atoms with E-state index in [2.05, 4.69) is 4.90 Å². The lowest BCUT2D eigenvalue weighted by atomic mass is 9.95. The van der Waals surface area contributed by atoms with Gasteiger partial charge in [0.2, 0.25) is 5.91 Å². The van der Waals surface area contributed by atoms with Crippen LogP contribution in [0.1, 0.15) is 19.4 Å². The molecule has 1 aromatic rings. The second-order valence-electron chi connectivity index (χ2n) is 5.42. The van der Waals surface area contributed by atoms with Crippen LogP contribution in [-0.4, -0.2) is 53.5 Å². The van der Waals surface area contributed by atoms with Gasteiger partial charge in [-0.2, -0.15) is 0 Å². The van der Waals surface area contributed by atoms with E-state index in [1.807, 2.05) is 42.2 Å². The van der Waals surface area contributed by atoms with Crippen molar-refractivity contribution in [2.45, 2.75) is 19.4 Å². The van der Waals surface area contributed by atoms with Crippen molar-refractivity contribution in [2.75, 3.05) is 32.7 Å². The standard InChI is InChI=1S/C15H22N2O2/c1-13(18)17-10-8-16(9-11-17)12-15(2,19)14-6-4-3-5-7-14/h3-7,19H,8-12H2,1-2H3. The summed E-state index contributed by atoms with van der Waals surface area (Å²) in [4.78, 5) is 15.3. The first-order chi connectivity index (χ1) is 8.99. The Kier molecular flexibility index (Phi) is 4.22. The third-order valence-electron chi connectivity index (χ3n) is 3.74. The highest BCUT2D eigenvalue weighted by Crippen LogP contribution is 2.22. The Morgan fingerprint density at radius 2 is 1.79 bits per heavy atom. The molecule has 1 fully saturated rings. The highest BCUT2D eigenvalue weighted by atomic mass is 16.3. The van der Waals surface area contributed by atoms with Crippen LogP contribution in [0, 0.1) is 0 Å². The SMILES string of the molecule is CC(=O)N1CCN(CC(C)(O)c2ccccc2)CC1. The molecular formula is C15H22N2O2. The molecule has 0 spiro atoms. The molecule has 1 atom stereocenters. The fraction of sp³-hybridized carbons (Fsp3) is 0.533. The number of carbonyl (C=O) groups excluding carboxylic acids is 1. The second kappa shape index (κ2) is 5.72. The number of carbonyl (C=O) groups is 1. The van der Waals surface area contributed by atoms with Crippen molar-refractivity contribution in [3.63, 3.8) is 0 Å². The molecular weight excluding hydrogens is 240 g/mol. The Labute approximate surface area is 114 Å². The smallest absolute Gasteiger partial charge is 0.219 e. The molecule has 4 nitrogen and oxygen atoms in total. The monoisotopic (exact) mass is 262 g/mol. The number of hydrogen-bond donors (Lipinski definition) is 1. The van der Waals surface area contributed by atoms with Crippen LogP contribution in [0.4, 0.5) is 0 Å². The lowest BCUT2D eigenvalue weighted by molar-refractivity contribution is -0.130. The molecule has 0 aromatic heterocycles. The molecule has 1 saturated heterocycles. The number of aliphatic hydroxyl groups is 1. The van der Waals surface area contributed by atoms with Crippen LogP contribution in [0.3, 0.4) is 0 Å². The van der Waals surface area contributed by atoms with E-state index < -0.39 is 5.60 Å². The predicted molar refractivity (Wildman–Crippen MR) is 74.7 cm³/mol. The van der Waals surface area contributed by atoms with Gasteiger partial charge in [-0.15, -0.1) is 0 Å². The molecule has 0 aliphatic carbocycles. The highest BCUT2D eigenvalue weighted by Gasteiger charge is 2.28. The third-order valence-corrected chi connectivity index (χ3v) is 3.74. The highest BCUT2D eigenvalue weighted by molar-refractivity contribution is 5.73. The van der Waals surface area contributed by atoms with E-state index in [0.29, 0.717) is 6.54 Å². The van der Waals surface area contributed by atoms with Gasteiger partial charge in [0.25, 0.3) is 0 Å². The quantitative estimate of drug-likeness (QED) is 0.886. The number of hydrogen-bond acceptors (Lipinski definition) is 3. The molecule has 1 aromatic carbocycles. The fourth-order valence-electron chi connectivity index (χ4n) is 2.54. The van der Waals surface area contributed by atoms with Crippen LogP contribution in [0.25, 0.3) is 0 Å². The maximum atomic E-state index is 11.3. The Balaban J connectivity index is 1.93. The minimum Gasteiger partial charge on any atom is -0.384 e. The summed E-state index contributed by atoms with van der Waals surface area (Å²) < 4.78 is 0. The van der Waals surface area contributed by atoms with Crippen LogP contribution in [0.2, 0.25) is 0 Å². The predicted octanol–water partition coefficient (Wildman–Crippen LogP) is 1.06. The number of nitrogens with zero attached hydrogens (tertiary/aromatic N) is 2. The van der Waals surface area contributed by atoms with Gasteiger partial charge in [-0.1, -0.05) is 30.3 Å². The van der Waals surface area contributed by atoms with E-state index in [9.17, 15) is 9.90 Å². The van der Waals surface area contributed by atoms with E-state index in [1.54, 1.807) is 6.92 Å².